The lowest BCUT2D eigenvalue weighted by atomic mass is 9.67. The summed E-state index contributed by atoms with van der Waals surface area (Å²) < 4.78 is 0. The van der Waals surface area contributed by atoms with Gasteiger partial charge in [0, 0.05) is 0 Å². The predicted molar refractivity (Wildman–Crippen MR) is 52.0 cm³/mol. The lowest BCUT2D eigenvalue weighted by molar-refractivity contribution is -0.0505. The van der Waals surface area contributed by atoms with Crippen molar-refractivity contribution in [3.05, 3.63) is 0 Å². The molecular formula is C11H19NO. The monoisotopic (exact) mass is 181 g/mol. The second-order valence-corrected chi connectivity index (χ2v) is 5.12. The van der Waals surface area contributed by atoms with Crippen LogP contribution < -0.4 is 0 Å². The zero-order valence-corrected chi connectivity index (χ0v) is 8.80. The minimum Gasteiger partial charge on any atom is -0.389 e. The van der Waals surface area contributed by atoms with Crippen LogP contribution in [0.2, 0.25) is 0 Å². The molecule has 0 aromatic carbocycles. The van der Waals surface area contributed by atoms with E-state index in [-0.39, 0.29) is 5.92 Å². The topological polar surface area (TPSA) is 44.0 Å². The molecule has 2 heteroatoms. The average molecular weight is 181 g/mol. The molecule has 1 unspecified atom stereocenters. The maximum Gasteiger partial charge on any atom is 0.0803 e. The van der Waals surface area contributed by atoms with Crippen LogP contribution in [-0.4, -0.2) is 10.7 Å². The molecule has 0 saturated heterocycles. The molecular weight excluding hydrogens is 162 g/mol. The van der Waals surface area contributed by atoms with Gasteiger partial charge < -0.3 is 5.11 Å². The Morgan fingerprint density at radius 3 is 2.08 bits per heavy atom. The van der Waals surface area contributed by atoms with E-state index < -0.39 is 5.60 Å². The molecule has 0 aromatic heterocycles. The SMILES string of the molecule is CC(C#N)C1(O)CCC(C)(C)CC1. The molecule has 2 nitrogen and oxygen atoms in total. The first-order chi connectivity index (χ1) is 5.90. The number of nitriles is 1. The van der Waals surface area contributed by atoms with Crippen molar-refractivity contribution >= 4 is 0 Å². The standard InChI is InChI=1S/C11H19NO/c1-9(8-12)11(13)6-4-10(2,3)5-7-11/h9,13H,4-7H2,1-3H3. The van der Waals surface area contributed by atoms with Crippen LogP contribution in [0.3, 0.4) is 0 Å². The molecule has 1 rings (SSSR count). The normalized spacial score (nSPS) is 27.6. The highest BCUT2D eigenvalue weighted by Gasteiger charge is 2.40. The van der Waals surface area contributed by atoms with Gasteiger partial charge in [0.25, 0.3) is 0 Å². The molecule has 0 aromatic rings. The first-order valence-corrected chi connectivity index (χ1v) is 5.02. The Morgan fingerprint density at radius 2 is 1.69 bits per heavy atom. The molecule has 0 bridgehead atoms. The fourth-order valence-corrected chi connectivity index (χ4v) is 1.91. The summed E-state index contributed by atoms with van der Waals surface area (Å²) in [4.78, 5) is 0. The van der Waals surface area contributed by atoms with Crippen LogP contribution in [0.5, 0.6) is 0 Å². The van der Waals surface area contributed by atoms with Crippen LogP contribution in [0.15, 0.2) is 0 Å². The first-order valence-electron chi connectivity index (χ1n) is 5.02. The lowest BCUT2D eigenvalue weighted by Crippen LogP contribution is -2.41. The van der Waals surface area contributed by atoms with Gasteiger partial charge in [0.15, 0.2) is 0 Å². The molecule has 1 aliphatic carbocycles. The van der Waals surface area contributed by atoms with E-state index in [1.165, 1.54) is 0 Å². The molecule has 0 aliphatic heterocycles. The quantitative estimate of drug-likeness (QED) is 0.675. The van der Waals surface area contributed by atoms with Gasteiger partial charge in [-0.15, -0.1) is 0 Å². The summed E-state index contributed by atoms with van der Waals surface area (Å²) in [5.74, 6) is -0.233. The minimum absolute atomic E-state index is 0.233. The molecule has 0 spiro atoms. The van der Waals surface area contributed by atoms with Crippen LogP contribution in [0.25, 0.3) is 0 Å². The molecule has 1 fully saturated rings. The van der Waals surface area contributed by atoms with Crippen LogP contribution in [0.1, 0.15) is 46.5 Å². The van der Waals surface area contributed by atoms with Crippen molar-refractivity contribution in [3.8, 4) is 6.07 Å². The van der Waals surface area contributed by atoms with Crippen molar-refractivity contribution in [2.24, 2.45) is 11.3 Å². The predicted octanol–water partition coefficient (Wildman–Crippen LogP) is 2.48. The van der Waals surface area contributed by atoms with Gasteiger partial charge in [0.05, 0.1) is 17.6 Å². The summed E-state index contributed by atoms with van der Waals surface area (Å²) in [6.45, 7) is 6.27. The number of nitrogens with zero attached hydrogens (tertiary/aromatic N) is 1. The number of rotatable bonds is 1. The molecule has 0 amide bonds. The largest absolute Gasteiger partial charge is 0.389 e. The third-order valence-electron chi connectivity index (χ3n) is 3.47. The van der Waals surface area contributed by atoms with E-state index in [1.54, 1.807) is 0 Å². The minimum atomic E-state index is -0.718. The Morgan fingerprint density at radius 1 is 1.23 bits per heavy atom. The van der Waals surface area contributed by atoms with Crippen LogP contribution in [-0.2, 0) is 0 Å². The van der Waals surface area contributed by atoms with E-state index >= 15 is 0 Å². The summed E-state index contributed by atoms with van der Waals surface area (Å²) >= 11 is 0. The zero-order valence-electron chi connectivity index (χ0n) is 8.80. The van der Waals surface area contributed by atoms with Crippen LogP contribution >= 0.6 is 0 Å². The Hall–Kier alpha value is -0.550. The van der Waals surface area contributed by atoms with Gasteiger partial charge in [-0.2, -0.15) is 5.26 Å². The molecule has 1 N–H and O–H groups in total. The molecule has 1 atom stereocenters. The van der Waals surface area contributed by atoms with Gasteiger partial charge in [0.1, 0.15) is 0 Å². The third kappa shape index (κ3) is 2.22. The molecule has 13 heavy (non-hydrogen) atoms. The second kappa shape index (κ2) is 3.31. The van der Waals surface area contributed by atoms with E-state index in [0.29, 0.717) is 5.41 Å². The maximum atomic E-state index is 10.1. The maximum absolute atomic E-state index is 10.1. The zero-order chi connectivity index (χ0) is 10.1. The van der Waals surface area contributed by atoms with Crippen LogP contribution in [0, 0.1) is 22.7 Å². The van der Waals surface area contributed by atoms with Gasteiger partial charge >= 0.3 is 0 Å². The fraction of sp³-hybridized carbons (Fsp3) is 0.909. The van der Waals surface area contributed by atoms with Crippen molar-refractivity contribution < 1.29 is 5.11 Å². The van der Waals surface area contributed by atoms with Crippen molar-refractivity contribution in [1.82, 2.24) is 0 Å². The van der Waals surface area contributed by atoms with E-state index in [1.807, 2.05) is 6.92 Å². The second-order valence-electron chi connectivity index (χ2n) is 5.12. The number of hydrogen-bond acceptors (Lipinski definition) is 2. The molecule has 74 valence electrons. The summed E-state index contributed by atoms with van der Waals surface area (Å²) in [7, 11) is 0. The van der Waals surface area contributed by atoms with Crippen molar-refractivity contribution in [2.75, 3.05) is 0 Å². The highest BCUT2D eigenvalue weighted by atomic mass is 16.3. The highest BCUT2D eigenvalue weighted by molar-refractivity contribution is 5.00. The highest BCUT2D eigenvalue weighted by Crippen LogP contribution is 2.43. The molecule has 0 radical (unpaired) electrons. The Bertz CT molecular complexity index is 217. The summed E-state index contributed by atoms with van der Waals surface area (Å²) in [6, 6.07) is 2.15. The van der Waals surface area contributed by atoms with Crippen molar-refractivity contribution in [1.29, 1.82) is 5.26 Å². The van der Waals surface area contributed by atoms with E-state index in [9.17, 15) is 5.11 Å². The molecule has 0 heterocycles. The van der Waals surface area contributed by atoms with Gasteiger partial charge in [-0.3, -0.25) is 0 Å². The Kier molecular flexibility index (Phi) is 2.68. The van der Waals surface area contributed by atoms with E-state index in [2.05, 4.69) is 19.9 Å². The molecule has 1 saturated carbocycles. The fourth-order valence-electron chi connectivity index (χ4n) is 1.91. The van der Waals surface area contributed by atoms with Crippen LogP contribution in [0.4, 0.5) is 0 Å². The Labute approximate surface area is 80.6 Å². The number of hydrogen-bond donors (Lipinski definition) is 1. The van der Waals surface area contributed by atoms with Gasteiger partial charge in [0.2, 0.25) is 0 Å². The lowest BCUT2D eigenvalue weighted by Gasteiger charge is -2.41. The van der Waals surface area contributed by atoms with Crippen molar-refractivity contribution in [2.45, 2.75) is 52.1 Å². The van der Waals surface area contributed by atoms with E-state index in [4.69, 9.17) is 5.26 Å². The smallest absolute Gasteiger partial charge is 0.0803 e. The van der Waals surface area contributed by atoms with Crippen molar-refractivity contribution in [3.63, 3.8) is 0 Å². The summed E-state index contributed by atoms with van der Waals surface area (Å²) in [5, 5.41) is 18.9. The third-order valence-corrected chi connectivity index (χ3v) is 3.47. The van der Waals surface area contributed by atoms with Gasteiger partial charge in [-0.25, -0.2) is 0 Å². The first kappa shape index (κ1) is 10.5. The van der Waals surface area contributed by atoms with Gasteiger partial charge in [-0.1, -0.05) is 13.8 Å². The van der Waals surface area contributed by atoms with Gasteiger partial charge in [-0.05, 0) is 38.0 Å². The summed E-state index contributed by atoms with van der Waals surface area (Å²) in [6.07, 6.45) is 3.59. The average Bonchev–Trinajstić information content (AvgIpc) is 2.09. The molecule has 1 aliphatic rings. The summed E-state index contributed by atoms with van der Waals surface area (Å²) in [5.41, 5.74) is -0.369. The van der Waals surface area contributed by atoms with E-state index in [0.717, 1.165) is 25.7 Å². The number of aliphatic hydroxyl groups is 1. The Balaban J connectivity index is 2.63.